The van der Waals surface area contributed by atoms with Crippen LogP contribution in [-0.4, -0.2) is 9.49 Å². The topological polar surface area (TPSA) is 86.7 Å². The highest BCUT2D eigenvalue weighted by Gasteiger charge is 2.33. The molecule has 0 bridgehead atoms. The number of non-ortho nitro benzene ring substituents is 1. The smallest absolute Gasteiger partial charge is 0.271 e. The number of nitrogens with zero attached hydrogens (tertiary/aromatic N) is 3. The Balaban J connectivity index is 1.34. The van der Waals surface area contributed by atoms with Gasteiger partial charge in [0.15, 0.2) is 4.80 Å². The van der Waals surface area contributed by atoms with Crippen molar-refractivity contribution in [1.29, 1.82) is 0 Å². The number of hydrogen-bond donors (Lipinski definition) is 0. The van der Waals surface area contributed by atoms with Crippen LogP contribution in [0.15, 0.2) is 115 Å². The van der Waals surface area contributed by atoms with Crippen LogP contribution in [-0.2, 0) is 13.0 Å². The fourth-order valence-corrected chi connectivity index (χ4v) is 8.26. The van der Waals surface area contributed by atoms with Crippen molar-refractivity contribution in [3.05, 3.63) is 163 Å². The van der Waals surface area contributed by atoms with Gasteiger partial charge >= 0.3 is 0 Å². The Morgan fingerprint density at radius 3 is 2.50 bits per heavy atom. The van der Waals surface area contributed by atoms with E-state index in [4.69, 9.17) is 9.73 Å². The lowest BCUT2D eigenvalue weighted by Gasteiger charge is -2.30. The normalized spacial score (nSPS) is 15.7. The molecular weight excluding hydrogens is 706 g/mol. The second-order valence-corrected chi connectivity index (χ2v) is 13.3. The number of nitro groups is 1. The minimum Gasteiger partial charge on any atom is -0.487 e. The quantitative estimate of drug-likeness (QED) is 0.135. The summed E-state index contributed by atoms with van der Waals surface area (Å²) in [5.74, 6) is 0.671. The molecule has 7 rings (SSSR count). The van der Waals surface area contributed by atoms with Crippen LogP contribution in [0.4, 0.5) is 5.69 Å². The van der Waals surface area contributed by atoms with E-state index in [9.17, 15) is 14.9 Å². The van der Waals surface area contributed by atoms with E-state index in [1.165, 1.54) is 23.0 Å². The molecular formula is C34H23Br2N3O4S. The average Bonchev–Trinajstić information content (AvgIpc) is 3.34. The number of ether oxygens (including phenoxy) is 1. The molecule has 0 saturated carbocycles. The van der Waals surface area contributed by atoms with E-state index in [-0.39, 0.29) is 11.2 Å². The summed E-state index contributed by atoms with van der Waals surface area (Å²) in [6.45, 7) is 0.418. The summed E-state index contributed by atoms with van der Waals surface area (Å²) in [4.78, 5) is 31.0. The number of allylic oxidation sites excluding steroid dienone is 1. The first-order valence-electron chi connectivity index (χ1n) is 13.9. The minimum absolute atomic E-state index is 0.00994. The molecule has 0 unspecified atom stereocenters. The van der Waals surface area contributed by atoms with Crippen molar-refractivity contribution in [2.24, 2.45) is 4.99 Å². The Labute approximate surface area is 272 Å². The van der Waals surface area contributed by atoms with Gasteiger partial charge in [-0.25, -0.2) is 4.99 Å². The average molecular weight is 729 g/mol. The van der Waals surface area contributed by atoms with Gasteiger partial charge in [-0.3, -0.25) is 19.5 Å². The van der Waals surface area contributed by atoms with Crippen LogP contribution in [0.25, 0.3) is 11.8 Å². The number of thiazole rings is 1. The zero-order chi connectivity index (χ0) is 30.4. The summed E-state index contributed by atoms with van der Waals surface area (Å²) in [6.07, 6.45) is 3.36. The largest absolute Gasteiger partial charge is 0.487 e. The van der Waals surface area contributed by atoms with E-state index in [1.807, 2.05) is 66.7 Å². The van der Waals surface area contributed by atoms with Gasteiger partial charge in [-0.15, -0.1) is 0 Å². The number of rotatable bonds is 6. The second kappa shape index (κ2) is 11.8. The third-order valence-corrected chi connectivity index (χ3v) is 9.98. The van der Waals surface area contributed by atoms with Gasteiger partial charge in [-0.1, -0.05) is 78.1 Å². The lowest BCUT2D eigenvalue weighted by atomic mass is 9.83. The molecule has 5 aromatic rings. The maximum absolute atomic E-state index is 14.1. The van der Waals surface area contributed by atoms with Crippen molar-refractivity contribution in [1.82, 2.24) is 4.57 Å². The van der Waals surface area contributed by atoms with Gasteiger partial charge < -0.3 is 4.74 Å². The predicted molar refractivity (Wildman–Crippen MR) is 178 cm³/mol. The summed E-state index contributed by atoms with van der Waals surface area (Å²) in [5.41, 5.74) is 6.45. The van der Waals surface area contributed by atoms with E-state index >= 15 is 0 Å². The first kappa shape index (κ1) is 28.6. The fourth-order valence-electron chi connectivity index (χ4n) is 5.81. The van der Waals surface area contributed by atoms with Crippen molar-refractivity contribution in [2.45, 2.75) is 25.5 Å². The van der Waals surface area contributed by atoms with Crippen LogP contribution >= 0.6 is 43.2 Å². The number of aromatic nitrogens is 1. The summed E-state index contributed by atoms with van der Waals surface area (Å²) in [5, 5.41) is 11.7. The lowest BCUT2D eigenvalue weighted by molar-refractivity contribution is -0.384. The maximum Gasteiger partial charge on any atom is 0.271 e. The van der Waals surface area contributed by atoms with Crippen LogP contribution in [0, 0.1) is 10.1 Å². The van der Waals surface area contributed by atoms with Crippen LogP contribution < -0.4 is 19.6 Å². The standard InChI is InChI=1S/C34H23Br2N3O4S/c35-27-15-21(16-28(36)32(27)43-19-20-7-2-1-3-8-20)17-29-33(40)38-31(23-10-6-11-24(18-23)39(41)42)26-14-13-22-9-4-5-12-25(22)30(26)37-34(38)44-29/h1-12,15-18,31H,13-14,19H2/b29-17+/t31-/m1/s1. The zero-order valence-corrected chi connectivity index (χ0v) is 27.1. The Bertz CT molecular complexity index is 2150. The molecule has 1 aliphatic heterocycles. The van der Waals surface area contributed by atoms with Crippen LogP contribution in [0.5, 0.6) is 5.75 Å². The molecule has 7 nitrogen and oxygen atoms in total. The van der Waals surface area contributed by atoms with Crippen molar-refractivity contribution in [3.8, 4) is 5.75 Å². The van der Waals surface area contributed by atoms with Crippen molar-refractivity contribution in [3.63, 3.8) is 0 Å². The number of benzene rings is 4. The lowest BCUT2D eigenvalue weighted by Crippen LogP contribution is -2.38. The Morgan fingerprint density at radius 1 is 0.977 bits per heavy atom. The van der Waals surface area contributed by atoms with E-state index in [0.717, 1.165) is 43.3 Å². The molecule has 44 heavy (non-hydrogen) atoms. The highest BCUT2D eigenvalue weighted by atomic mass is 79.9. The molecule has 0 amide bonds. The highest BCUT2D eigenvalue weighted by molar-refractivity contribution is 9.11. The third-order valence-electron chi connectivity index (χ3n) is 7.81. The van der Waals surface area contributed by atoms with Gasteiger partial charge in [0.05, 0.1) is 30.1 Å². The first-order chi connectivity index (χ1) is 21.4. The predicted octanol–water partition coefficient (Wildman–Crippen LogP) is 7.33. The van der Waals surface area contributed by atoms with Gasteiger partial charge in [0, 0.05) is 17.7 Å². The Kier molecular flexibility index (Phi) is 7.65. The van der Waals surface area contributed by atoms with E-state index < -0.39 is 11.0 Å². The molecule has 0 fully saturated rings. The maximum atomic E-state index is 14.1. The minimum atomic E-state index is -0.496. The Morgan fingerprint density at radius 2 is 1.73 bits per heavy atom. The molecule has 0 saturated heterocycles. The molecule has 1 atom stereocenters. The molecule has 1 aromatic heterocycles. The monoisotopic (exact) mass is 727 g/mol. The van der Waals surface area contributed by atoms with E-state index in [1.54, 1.807) is 16.7 Å². The van der Waals surface area contributed by atoms with Crippen molar-refractivity contribution < 1.29 is 9.66 Å². The molecule has 1 aliphatic carbocycles. The number of halogens is 2. The van der Waals surface area contributed by atoms with E-state index in [0.29, 0.717) is 33.7 Å². The van der Waals surface area contributed by atoms with Gasteiger partial charge in [0.1, 0.15) is 12.4 Å². The summed E-state index contributed by atoms with van der Waals surface area (Å²) < 4.78 is 9.80. The molecule has 10 heteroatoms. The molecule has 0 spiro atoms. The molecule has 2 aliphatic rings. The Hall–Kier alpha value is -4.12. The summed E-state index contributed by atoms with van der Waals surface area (Å²) in [6, 6.07) is 28.0. The number of fused-ring (bicyclic) bond motifs is 3. The molecule has 4 aromatic carbocycles. The van der Waals surface area contributed by atoms with Gasteiger partial charge in [-0.2, -0.15) is 0 Å². The summed E-state index contributed by atoms with van der Waals surface area (Å²) >= 11 is 8.60. The van der Waals surface area contributed by atoms with Crippen LogP contribution in [0.3, 0.4) is 0 Å². The van der Waals surface area contributed by atoms with Gasteiger partial charge in [0.2, 0.25) is 0 Å². The van der Waals surface area contributed by atoms with Gasteiger partial charge in [-0.05, 0) is 90.7 Å². The number of nitro benzene ring substituents is 1. The third kappa shape index (κ3) is 5.27. The second-order valence-electron chi connectivity index (χ2n) is 10.6. The van der Waals surface area contributed by atoms with Crippen LogP contribution in [0.1, 0.15) is 40.3 Å². The highest BCUT2D eigenvalue weighted by Crippen LogP contribution is 2.42. The zero-order valence-electron chi connectivity index (χ0n) is 23.1. The molecule has 218 valence electrons. The fraction of sp³-hybridized carbons (Fsp3) is 0.118. The molecule has 2 heterocycles. The SMILES string of the molecule is O=c1/c(=C\c2cc(Br)c(OCc3ccccc3)c(Br)c2)sc2n1[C@H](c1cccc([N+](=O)[O-])c1)C1=C(N=2)c2ccccc2CC1. The van der Waals surface area contributed by atoms with Crippen molar-refractivity contribution >= 4 is 60.7 Å². The molecule has 0 N–H and O–H groups in total. The van der Waals surface area contributed by atoms with Gasteiger partial charge in [0.25, 0.3) is 11.2 Å². The van der Waals surface area contributed by atoms with Crippen LogP contribution in [0.2, 0.25) is 0 Å². The summed E-state index contributed by atoms with van der Waals surface area (Å²) in [7, 11) is 0. The first-order valence-corrected chi connectivity index (χ1v) is 16.3. The molecule has 0 radical (unpaired) electrons. The van der Waals surface area contributed by atoms with E-state index in [2.05, 4.69) is 44.0 Å². The number of hydrogen-bond acceptors (Lipinski definition) is 6. The number of aryl methyl sites for hydroxylation is 1. The van der Waals surface area contributed by atoms with Crippen molar-refractivity contribution in [2.75, 3.05) is 0 Å².